The lowest BCUT2D eigenvalue weighted by atomic mass is 9.98. The summed E-state index contributed by atoms with van der Waals surface area (Å²) in [5.41, 5.74) is 2.82. The molecule has 32 heavy (non-hydrogen) atoms. The topological polar surface area (TPSA) is 107 Å². The molecule has 0 saturated heterocycles. The second-order valence-corrected chi connectivity index (χ2v) is 10.2. The fraction of sp³-hybridized carbons (Fsp3) is 0.455. The number of nitrogens with zero attached hydrogens (tertiary/aromatic N) is 3. The van der Waals surface area contributed by atoms with Crippen LogP contribution in [0.15, 0.2) is 18.5 Å². The van der Waals surface area contributed by atoms with Crippen LogP contribution in [0.25, 0.3) is 20.8 Å². The van der Waals surface area contributed by atoms with Gasteiger partial charge in [0, 0.05) is 41.7 Å². The molecule has 170 valence electrons. The Morgan fingerprint density at radius 3 is 2.91 bits per heavy atom. The highest BCUT2D eigenvalue weighted by Crippen LogP contribution is 2.46. The number of aromatic nitrogens is 2. The standard InChI is InChI=1S/C22H27N5O3S2/c1-4-12(2)24-8-6-18(28)26-21-19(20-25-15-10-23-7-5-16(15)31-20)14-9-13(3)27(22(29)30)11-17(14)32-21/h5,7,10,12-13,24H,4,6,8-9,11H2,1-3H3,(H,26,28)(H,29,30)/t12-,13-/m0/s1. The number of thiazole rings is 1. The lowest BCUT2D eigenvalue weighted by molar-refractivity contribution is -0.116. The lowest BCUT2D eigenvalue weighted by Gasteiger charge is -2.31. The predicted octanol–water partition coefficient (Wildman–Crippen LogP) is 4.56. The fourth-order valence-corrected chi connectivity index (χ4v) is 6.12. The summed E-state index contributed by atoms with van der Waals surface area (Å²) in [7, 11) is 0. The van der Waals surface area contributed by atoms with Gasteiger partial charge in [-0.1, -0.05) is 6.92 Å². The van der Waals surface area contributed by atoms with Crippen LogP contribution in [-0.2, 0) is 17.8 Å². The SMILES string of the molecule is CC[C@H](C)NCCC(=O)Nc1sc2c(c1-c1nc3cnccc3s1)C[C@H](C)N(C(=O)O)C2. The van der Waals surface area contributed by atoms with Gasteiger partial charge in [-0.15, -0.1) is 22.7 Å². The van der Waals surface area contributed by atoms with E-state index in [-0.39, 0.29) is 11.9 Å². The van der Waals surface area contributed by atoms with E-state index >= 15 is 0 Å². The van der Waals surface area contributed by atoms with Crippen molar-refractivity contribution in [1.29, 1.82) is 0 Å². The second kappa shape index (κ2) is 9.51. The molecule has 0 spiro atoms. The fourth-order valence-electron chi connectivity index (χ4n) is 3.79. The molecule has 8 nitrogen and oxygen atoms in total. The van der Waals surface area contributed by atoms with E-state index in [0.717, 1.165) is 42.7 Å². The Kier molecular flexibility index (Phi) is 6.73. The van der Waals surface area contributed by atoms with Crippen molar-refractivity contribution >= 4 is 49.9 Å². The molecule has 0 aliphatic carbocycles. The quantitative estimate of drug-likeness (QED) is 0.464. The van der Waals surface area contributed by atoms with E-state index in [1.807, 2.05) is 13.0 Å². The summed E-state index contributed by atoms with van der Waals surface area (Å²) in [6, 6.07) is 2.16. The minimum absolute atomic E-state index is 0.0634. The Balaban J connectivity index is 1.67. The van der Waals surface area contributed by atoms with Crippen LogP contribution < -0.4 is 10.6 Å². The number of pyridine rings is 1. The van der Waals surface area contributed by atoms with Crippen molar-refractivity contribution in [3.05, 3.63) is 28.9 Å². The first kappa shape index (κ1) is 22.6. The summed E-state index contributed by atoms with van der Waals surface area (Å²) in [5.74, 6) is -0.0634. The Morgan fingerprint density at radius 2 is 2.19 bits per heavy atom. The van der Waals surface area contributed by atoms with Gasteiger partial charge in [0.1, 0.15) is 15.5 Å². The van der Waals surface area contributed by atoms with Gasteiger partial charge in [-0.05, 0) is 38.3 Å². The van der Waals surface area contributed by atoms with Crippen molar-refractivity contribution < 1.29 is 14.7 Å². The number of hydrogen-bond donors (Lipinski definition) is 3. The number of carbonyl (C=O) groups excluding carboxylic acids is 1. The maximum atomic E-state index is 12.7. The van der Waals surface area contributed by atoms with Crippen LogP contribution in [0.2, 0.25) is 0 Å². The monoisotopic (exact) mass is 473 g/mol. The first-order valence-corrected chi connectivity index (χ1v) is 12.4. The van der Waals surface area contributed by atoms with Crippen molar-refractivity contribution in [2.24, 2.45) is 0 Å². The van der Waals surface area contributed by atoms with Crippen molar-refractivity contribution in [3.63, 3.8) is 0 Å². The van der Waals surface area contributed by atoms with Gasteiger partial charge in [-0.2, -0.15) is 0 Å². The zero-order chi connectivity index (χ0) is 22.8. The normalized spacial score (nSPS) is 16.7. The molecule has 4 rings (SSSR count). The highest BCUT2D eigenvalue weighted by atomic mass is 32.1. The minimum Gasteiger partial charge on any atom is -0.465 e. The number of anilines is 1. The van der Waals surface area contributed by atoms with Crippen LogP contribution in [0, 0.1) is 0 Å². The molecule has 1 aliphatic heterocycles. The molecular weight excluding hydrogens is 446 g/mol. The van der Waals surface area contributed by atoms with E-state index < -0.39 is 6.09 Å². The van der Waals surface area contributed by atoms with E-state index in [9.17, 15) is 14.7 Å². The van der Waals surface area contributed by atoms with Gasteiger partial charge >= 0.3 is 6.09 Å². The Hall–Kier alpha value is -2.56. The van der Waals surface area contributed by atoms with E-state index in [4.69, 9.17) is 4.98 Å². The third kappa shape index (κ3) is 4.62. The Morgan fingerprint density at radius 1 is 1.38 bits per heavy atom. The maximum absolute atomic E-state index is 12.7. The third-order valence-electron chi connectivity index (χ3n) is 5.80. The predicted molar refractivity (Wildman–Crippen MR) is 128 cm³/mol. The molecule has 0 saturated carbocycles. The van der Waals surface area contributed by atoms with Gasteiger partial charge in [0.05, 0.1) is 17.4 Å². The van der Waals surface area contributed by atoms with Crippen molar-refractivity contribution in [2.45, 2.75) is 58.7 Å². The molecule has 10 heteroatoms. The molecule has 0 fully saturated rings. The summed E-state index contributed by atoms with van der Waals surface area (Å²) in [6.07, 6.45) is 4.52. The average molecular weight is 474 g/mol. The summed E-state index contributed by atoms with van der Waals surface area (Å²) >= 11 is 3.02. The highest BCUT2D eigenvalue weighted by molar-refractivity contribution is 7.22. The van der Waals surface area contributed by atoms with E-state index in [1.54, 1.807) is 23.7 Å². The number of carboxylic acid groups (broad SMARTS) is 1. The third-order valence-corrected chi connectivity index (χ3v) is 7.98. The van der Waals surface area contributed by atoms with Gasteiger partial charge in [-0.25, -0.2) is 9.78 Å². The number of carbonyl (C=O) groups is 2. The largest absolute Gasteiger partial charge is 0.465 e. The van der Waals surface area contributed by atoms with E-state index in [2.05, 4.69) is 29.5 Å². The molecule has 3 aromatic rings. The van der Waals surface area contributed by atoms with Crippen LogP contribution in [0.4, 0.5) is 9.80 Å². The Bertz CT molecular complexity index is 1110. The van der Waals surface area contributed by atoms with Crippen molar-refractivity contribution in [2.75, 3.05) is 11.9 Å². The second-order valence-electron chi connectivity index (χ2n) is 8.10. The first-order valence-electron chi connectivity index (χ1n) is 10.8. The Labute approximate surface area is 194 Å². The van der Waals surface area contributed by atoms with Gasteiger partial charge in [0.25, 0.3) is 0 Å². The zero-order valence-corrected chi connectivity index (χ0v) is 20.0. The minimum atomic E-state index is -0.925. The smallest absolute Gasteiger partial charge is 0.407 e. The van der Waals surface area contributed by atoms with Crippen LogP contribution in [-0.4, -0.2) is 50.6 Å². The van der Waals surface area contributed by atoms with Crippen LogP contribution >= 0.6 is 22.7 Å². The summed E-state index contributed by atoms with van der Waals surface area (Å²) in [6.45, 7) is 7.05. The average Bonchev–Trinajstić information content (AvgIpc) is 3.32. The number of hydrogen-bond acceptors (Lipinski definition) is 7. The molecule has 2 atom stereocenters. The summed E-state index contributed by atoms with van der Waals surface area (Å²) in [4.78, 5) is 35.7. The molecule has 3 aromatic heterocycles. The maximum Gasteiger partial charge on any atom is 0.407 e. The van der Waals surface area contributed by atoms with E-state index in [1.165, 1.54) is 16.2 Å². The number of rotatable bonds is 7. The molecule has 2 amide bonds. The van der Waals surface area contributed by atoms with Crippen LogP contribution in [0.5, 0.6) is 0 Å². The number of amides is 2. The molecule has 1 aliphatic rings. The van der Waals surface area contributed by atoms with Gasteiger partial charge in [0.15, 0.2) is 0 Å². The number of fused-ring (bicyclic) bond motifs is 2. The first-order chi connectivity index (χ1) is 15.4. The van der Waals surface area contributed by atoms with Crippen molar-refractivity contribution in [3.8, 4) is 10.6 Å². The van der Waals surface area contributed by atoms with E-state index in [0.29, 0.717) is 32.0 Å². The van der Waals surface area contributed by atoms with Crippen LogP contribution in [0.1, 0.15) is 44.1 Å². The molecule has 0 radical (unpaired) electrons. The molecule has 4 heterocycles. The molecule has 0 unspecified atom stereocenters. The molecule has 3 N–H and O–H groups in total. The number of thiophene rings is 1. The molecule has 0 aromatic carbocycles. The molecular formula is C22H27N5O3S2. The summed E-state index contributed by atoms with van der Waals surface area (Å²) in [5, 5.41) is 17.6. The van der Waals surface area contributed by atoms with Crippen molar-refractivity contribution in [1.82, 2.24) is 20.2 Å². The number of nitrogens with one attached hydrogen (secondary N) is 2. The van der Waals surface area contributed by atoms with Gasteiger partial charge in [-0.3, -0.25) is 9.78 Å². The van der Waals surface area contributed by atoms with Gasteiger partial charge < -0.3 is 20.6 Å². The lowest BCUT2D eigenvalue weighted by Crippen LogP contribution is -2.41. The zero-order valence-electron chi connectivity index (χ0n) is 18.3. The highest BCUT2D eigenvalue weighted by Gasteiger charge is 2.33. The summed E-state index contributed by atoms with van der Waals surface area (Å²) < 4.78 is 1.03. The van der Waals surface area contributed by atoms with Crippen LogP contribution in [0.3, 0.4) is 0 Å². The molecule has 0 bridgehead atoms. The van der Waals surface area contributed by atoms with Gasteiger partial charge in [0.2, 0.25) is 5.91 Å².